The lowest BCUT2D eigenvalue weighted by Gasteiger charge is -1.92. The average molecular weight is 135 g/mol. The van der Waals surface area contributed by atoms with Gasteiger partial charge in [0.15, 0.2) is 0 Å². The fourth-order valence-electron chi connectivity index (χ4n) is 0.693. The van der Waals surface area contributed by atoms with E-state index in [9.17, 15) is 0 Å². The summed E-state index contributed by atoms with van der Waals surface area (Å²) in [4.78, 5) is 0. The molecule has 0 bridgehead atoms. The highest BCUT2D eigenvalue weighted by molar-refractivity contribution is 5.52. The van der Waals surface area contributed by atoms with Crippen LogP contribution in [0, 0.1) is 0 Å². The molecule has 2 heteroatoms. The van der Waals surface area contributed by atoms with Crippen molar-refractivity contribution < 1.29 is 5.11 Å². The molecule has 0 saturated carbocycles. The number of nitrogens with two attached hydrogens (primary N) is 1. The standard InChI is InChI=1S/C8H9NO/c9-8-3-1-7(2-4-8)5-6-10/h1-6,10H,9H2/b6-5+. The first-order valence-electron chi connectivity index (χ1n) is 2.99. The van der Waals surface area contributed by atoms with Crippen LogP contribution < -0.4 is 5.73 Å². The van der Waals surface area contributed by atoms with E-state index in [0.29, 0.717) is 0 Å². The van der Waals surface area contributed by atoms with Crippen molar-refractivity contribution in [2.24, 2.45) is 0 Å². The van der Waals surface area contributed by atoms with Gasteiger partial charge in [-0.15, -0.1) is 0 Å². The topological polar surface area (TPSA) is 46.2 Å². The lowest BCUT2D eigenvalue weighted by Crippen LogP contribution is -1.82. The van der Waals surface area contributed by atoms with Gasteiger partial charge in [-0.2, -0.15) is 0 Å². The maximum atomic E-state index is 8.38. The van der Waals surface area contributed by atoms with E-state index in [1.807, 2.05) is 12.1 Å². The highest BCUT2D eigenvalue weighted by Gasteiger charge is 1.84. The van der Waals surface area contributed by atoms with E-state index in [-0.39, 0.29) is 0 Å². The first-order chi connectivity index (χ1) is 4.83. The Hall–Kier alpha value is -1.44. The molecule has 1 aromatic rings. The number of aliphatic hydroxyl groups excluding tert-OH is 1. The summed E-state index contributed by atoms with van der Waals surface area (Å²) in [6.45, 7) is 0. The first-order valence-corrected chi connectivity index (χ1v) is 2.99. The number of anilines is 1. The van der Waals surface area contributed by atoms with Gasteiger partial charge in [0.25, 0.3) is 0 Å². The molecule has 0 aliphatic rings. The molecule has 0 atom stereocenters. The molecule has 0 saturated heterocycles. The summed E-state index contributed by atoms with van der Waals surface area (Å²) in [7, 11) is 0. The molecule has 0 aliphatic heterocycles. The highest BCUT2D eigenvalue weighted by Crippen LogP contribution is 2.05. The van der Waals surface area contributed by atoms with Gasteiger partial charge in [-0.1, -0.05) is 12.1 Å². The third kappa shape index (κ3) is 1.52. The summed E-state index contributed by atoms with van der Waals surface area (Å²) in [5.74, 6) is 0. The molecule has 0 radical (unpaired) electrons. The van der Waals surface area contributed by atoms with Crippen LogP contribution in [0.2, 0.25) is 0 Å². The third-order valence-corrected chi connectivity index (χ3v) is 1.20. The number of hydrogen-bond donors (Lipinski definition) is 2. The second kappa shape index (κ2) is 2.92. The molecule has 3 N–H and O–H groups in total. The number of hydrogen-bond acceptors (Lipinski definition) is 2. The minimum absolute atomic E-state index is 0.732. The van der Waals surface area contributed by atoms with E-state index in [4.69, 9.17) is 10.8 Å². The van der Waals surface area contributed by atoms with Crippen molar-refractivity contribution in [3.8, 4) is 0 Å². The Morgan fingerprint density at radius 3 is 2.30 bits per heavy atom. The van der Waals surface area contributed by atoms with Crippen molar-refractivity contribution in [2.45, 2.75) is 0 Å². The fraction of sp³-hybridized carbons (Fsp3) is 0. The molecule has 0 aromatic heterocycles. The molecule has 0 heterocycles. The molecular weight excluding hydrogens is 126 g/mol. The maximum Gasteiger partial charge on any atom is 0.0797 e. The molecule has 0 aliphatic carbocycles. The molecule has 52 valence electrons. The van der Waals surface area contributed by atoms with Gasteiger partial charge in [0, 0.05) is 5.69 Å². The quantitative estimate of drug-likeness (QED) is 0.455. The average Bonchev–Trinajstić information content (AvgIpc) is 1.95. The van der Waals surface area contributed by atoms with Crippen molar-refractivity contribution >= 4 is 11.8 Å². The van der Waals surface area contributed by atoms with Crippen molar-refractivity contribution in [3.05, 3.63) is 36.1 Å². The van der Waals surface area contributed by atoms with Gasteiger partial charge in [0.2, 0.25) is 0 Å². The molecule has 1 rings (SSSR count). The Balaban J connectivity index is 2.89. The molecule has 2 nitrogen and oxygen atoms in total. The molecular formula is C8H9NO. The van der Waals surface area contributed by atoms with Crippen LogP contribution in [-0.2, 0) is 0 Å². The number of benzene rings is 1. The van der Waals surface area contributed by atoms with Gasteiger partial charge in [-0.3, -0.25) is 0 Å². The second-order valence-electron chi connectivity index (χ2n) is 1.98. The number of aliphatic hydroxyl groups is 1. The predicted octanol–water partition coefficient (Wildman–Crippen LogP) is 1.80. The van der Waals surface area contributed by atoms with Gasteiger partial charge in [0.05, 0.1) is 6.26 Å². The Morgan fingerprint density at radius 2 is 1.80 bits per heavy atom. The van der Waals surface area contributed by atoms with Crippen molar-refractivity contribution in [2.75, 3.05) is 5.73 Å². The van der Waals surface area contributed by atoms with Crippen LogP contribution in [0.4, 0.5) is 5.69 Å². The van der Waals surface area contributed by atoms with Crippen molar-refractivity contribution in [1.29, 1.82) is 0 Å². The zero-order valence-electron chi connectivity index (χ0n) is 5.49. The molecule has 0 fully saturated rings. The zero-order valence-corrected chi connectivity index (χ0v) is 5.49. The second-order valence-corrected chi connectivity index (χ2v) is 1.98. The van der Waals surface area contributed by atoms with Gasteiger partial charge in [0.1, 0.15) is 0 Å². The van der Waals surface area contributed by atoms with E-state index in [2.05, 4.69) is 0 Å². The lowest BCUT2D eigenvalue weighted by molar-refractivity contribution is 0.478. The highest BCUT2D eigenvalue weighted by atomic mass is 16.2. The van der Waals surface area contributed by atoms with E-state index in [1.165, 1.54) is 0 Å². The SMILES string of the molecule is Nc1ccc(/C=C/O)cc1. The molecule has 0 amide bonds. The number of nitrogen functional groups attached to an aromatic ring is 1. The van der Waals surface area contributed by atoms with E-state index in [1.54, 1.807) is 18.2 Å². The van der Waals surface area contributed by atoms with E-state index < -0.39 is 0 Å². The van der Waals surface area contributed by atoms with Crippen molar-refractivity contribution in [3.63, 3.8) is 0 Å². The smallest absolute Gasteiger partial charge is 0.0797 e. The van der Waals surface area contributed by atoms with Crippen molar-refractivity contribution in [1.82, 2.24) is 0 Å². The van der Waals surface area contributed by atoms with Crippen LogP contribution >= 0.6 is 0 Å². The minimum atomic E-state index is 0.732. The molecule has 0 spiro atoms. The Kier molecular flexibility index (Phi) is 1.95. The van der Waals surface area contributed by atoms with Gasteiger partial charge in [-0.25, -0.2) is 0 Å². The zero-order chi connectivity index (χ0) is 7.40. The van der Waals surface area contributed by atoms with Crippen LogP contribution in [0.5, 0.6) is 0 Å². The number of rotatable bonds is 1. The van der Waals surface area contributed by atoms with Crippen LogP contribution in [0.25, 0.3) is 6.08 Å². The van der Waals surface area contributed by atoms with Crippen LogP contribution in [-0.4, -0.2) is 5.11 Å². The molecule has 0 unspecified atom stereocenters. The molecule has 1 aromatic carbocycles. The largest absolute Gasteiger partial charge is 0.516 e. The summed E-state index contributed by atoms with van der Waals surface area (Å²) >= 11 is 0. The fourth-order valence-corrected chi connectivity index (χ4v) is 0.693. The maximum absolute atomic E-state index is 8.38. The van der Waals surface area contributed by atoms with E-state index >= 15 is 0 Å². The van der Waals surface area contributed by atoms with Gasteiger partial charge in [-0.05, 0) is 23.8 Å². The molecule has 10 heavy (non-hydrogen) atoms. The minimum Gasteiger partial charge on any atom is -0.516 e. The summed E-state index contributed by atoms with van der Waals surface area (Å²) < 4.78 is 0. The van der Waals surface area contributed by atoms with Crippen LogP contribution in [0.3, 0.4) is 0 Å². The van der Waals surface area contributed by atoms with Gasteiger partial charge >= 0.3 is 0 Å². The Morgan fingerprint density at radius 1 is 1.20 bits per heavy atom. The predicted molar refractivity (Wildman–Crippen MR) is 42.5 cm³/mol. The Labute approximate surface area is 59.6 Å². The summed E-state index contributed by atoms with van der Waals surface area (Å²) in [6.07, 6.45) is 2.60. The van der Waals surface area contributed by atoms with Crippen LogP contribution in [0.15, 0.2) is 30.5 Å². The lowest BCUT2D eigenvalue weighted by atomic mass is 10.2. The summed E-state index contributed by atoms with van der Waals surface area (Å²) in [5.41, 5.74) is 7.11. The van der Waals surface area contributed by atoms with E-state index in [0.717, 1.165) is 17.5 Å². The summed E-state index contributed by atoms with van der Waals surface area (Å²) in [6, 6.07) is 7.24. The third-order valence-electron chi connectivity index (χ3n) is 1.20. The first kappa shape index (κ1) is 6.68. The Bertz CT molecular complexity index is 226. The monoisotopic (exact) mass is 135 g/mol. The summed E-state index contributed by atoms with van der Waals surface area (Å²) in [5, 5.41) is 8.38. The van der Waals surface area contributed by atoms with Gasteiger partial charge < -0.3 is 10.8 Å². The van der Waals surface area contributed by atoms with Crippen LogP contribution in [0.1, 0.15) is 5.56 Å². The normalized spacial score (nSPS) is 10.4.